The highest BCUT2D eigenvalue weighted by molar-refractivity contribution is 9.10. The van der Waals surface area contributed by atoms with Gasteiger partial charge in [0.2, 0.25) is 0 Å². The van der Waals surface area contributed by atoms with Gasteiger partial charge in [0, 0.05) is 10.5 Å². The molecule has 0 spiro atoms. The van der Waals surface area contributed by atoms with E-state index in [1.54, 1.807) is 18.2 Å². The first-order valence-corrected chi connectivity index (χ1v) is 5.75. The monoisotopic (exact) mass is 279 g/mol. The van der Waals surface area contributed by atoms with Crippen LogP contribution in [0.3, 0.4) is 0 Å². The molecule has 1 aliphatic rings. The number of hydrogen-bond donors (Lipinski definition) is 2. The number of amides is 2. The average molecular weight is 280 g/mol. The van der Waals surface area contributed by atoms with Gasteiger partial charge in [-0.05, 0) is 47.0 Å². The van der Waals surface area contributed by atoms with E-state index in [-0.39, 0.29) is 6.03 Å². The van der Waals surface area contributed by atoms with Gasteiger partial charge >= 0.3 is 6.03 Å². The van der Waals surface area contributed by atoms with Crippen LogP contribution < -0.4 is 10.6 Å². The molecule has 0 unspecified atom stereocenters. The summed E-state index contributed by atoms with van der Waals surface area (Å²) < 4.78 is 0.706. The van der Waals surface area contributed by atoms with Gasteiger partial charge in [0.25, 0.3) is 0 Å². The van der Waals surface area contributed by atoms with Crippen molar-refractivity contribution in [1.82, 2.24) is 5.32 Å². The first-order chi connectivity index (χ1) is 7.69. The molecule has 2 N–H and O–H groups in total. The fourth-order valence-corrected chi connectivity index (χ4v) is 1.74. The van der Waals surface area contributed by atoms with Crippen molar-refractivity contribution in [1.29, 1.82) is 5.26 Å². The van der Waals surface area contributed by atoms with E-state index in [2.05, 4.69) is 26.6 Å². The Morgan fingerprint density at radius 2 is 2.25 bits per heavy atom. The van der Waals surface area contributed by atoms with Gasteiger partial charge in [-0.2, -0.15) is 5.26 Å². The molecule has 2 amide bonds. The van der Waals surface area contributed by atoms with Gasteiger partial charge in [-0.25, -0.2) is 4.79 Å². The van der Waals surface area contributed by atoms with Crippen LogP contribution in [0.1, 0.15) is 18.4 Å². The molecule has 0 heterocycles. The molecule has 1 aromatic rings. The highest BCUT2D eigenvalue weighted by atomic mass is 79.9. The number of carbonyl (C=O) groups excluding carboxylic acids is 1. The van der Waals surface area contributed by atoms with E-state index in [0.29, 0.717) is 21.8 Å². The summed E-state index contributed by atoms with van der Waals surface area (Å²) in [4.78, 5) is 11.5. The topological polar surface area (TPSA) is 64.9 Å². The second-order valence-electron chi connectivity index (χ2n) is 3.68. The number of hydrogen-bond acceptors (Lipinski definition) is 2. The molecule has 1 aromatic carbocycles. The van der Waals surface area contributed by atoms with Crippen LogP contribution in [0.2, 0.25) is 0 Å². The fraction of sp³-hybridized carbons (Fsp3) is 0.273. The molecule has 0 radical (unpaired) electrons. The van der Waals surface area contributed by atoms with Gasteiger partial charge in [0.15, 0.2) is 0 Å². The number of urea groups is 1. The lowest BCUT2D eigenvalue weighted by molar-refractivity contribution is 0.251. The number of halogens is 1. The van der Waals surface area contributed by atoms with E-state index in [0.717, 1.165) is 12.8 Å². The quantitative estimate of drug-likeness (QED) is 0.874. The van der Waals surface area contributed by atoms with Crippen LogP contribution in [0, 0.1) is 11.3 Å². The Hall–Kier alpha value is -1.54. The maximum absolute atomic E-state index is 11.5. The second kappa shape index (κ2) is 4.54. The normalized spacial score (nSPS) is 14.0. The summed E-state index contributed by atoms with van der Waals surface area (Å²) in [5.41, 5.74) is 1.22. The van der Waals surface area contributed by atoms with Crippen molar-refractivity contribution in [3.8, 4) is 6.07 Å². The van der Waals surface area contributed by atoms with Crippen molar-refractivity contribution in [3.05, 3.63) is 28.2 Å². The molecule has 16 heavy (non-hydrogen) atoms. The summed E-state index contributed by atoms with van der Waals surface area (Å²) in [6.45, 7) is 0. The maximum atomic E-state index is 11.5. The maximum Gasteiger partial charge on any atom is 0.319 e. The number of nitrogens with one attached hydrogen (secondary N) is 2. The minimum Gasteiger partial charge on any atom is -0.335 e. The lowest BCUT2D eigenvalue weighted by Crippen LogP contribution is -2.30. The van der Waals surface area contributed by atoms with E-state index in [9.17, 15) is 4.79 Å². The predicted octanol–water partition coefficient (Wildman–Crippen LogP) is 2.60. The van der Waals surface area contributed by atoms with Crippen LogP contribution in [-0.2, 0) is 0 Å². The number of nitriles is 1. The molecule has 82 valence electrons. The Balaban J connectivity index is 2.03. The van der Waals surface area contributed by atoms with Crippen molar-refractivity contribution in [3.63, 3.8) is 0 Å². The average Bonchev–Trinajstić information content (AvgIpc) is 3.05. The Kier molecular flexibility index (Phi) is 3.11. The molecule has 1 fully saturated rings. The summed E-state index contributed by atoms with van der Waals surface area (Å²) in [5, 5.41) is 14.2. The highest BCUT2D eigenvalue weighted by Gasteiger charge is 2.23. The second-order valence-corrected chi connectivity index (χ2v) is 4.53. The van der Waals surface area contributed by atoms with E-state index < -0.39 is 0 Å². The molecule has 0 bridgehead atoms. The van der Waals surface area contributed by atoms with Crippen LogP contribution in [0.5, 0.6) is 0 Å². The van der Waals surface area contributed by atoms with Gasteiger partial charge in [-0.1, -0.05) is 0 Å². The number of rotatable bonds is 2. The zero-order valence-corrected chi connectivity index (χ0v) is 10.0. The van der Waals surface area contributed by atoms with Crippen LogP contribution >= 0.6 is 15.9 Å². The summed E-state index contributed by atoms with van der Waals surface area (Å²) in [7, 11) is 0. The van der Waals surface area contributed by atoms with Crippen LogP contribution in [0.25, 0.3) is 0 Å². The summed E-state index contributed by atoms with van der Waals surface area (Å²) in [5.74, 6) is 0. The molecule has 4 nitrogen and oxygen atoms in total. The molecule has 2 rings (SSSR count). The Morgan fingerprint density at radius 3 is 2.81 bits per heavy atom. The first-order valence-electron chi connectivity index (χ1n) is 4.96. The lowest BCUT2D eigenvalue weighted by Gasteiger charge is -2.08. The van der Waals surface area contributed by atoms with E-state index >= 15 is 0 Å². The Labute approximate surface area is 102 Å². The van der Waals surface area contributed by atoms with E-state index in [4.69, 9.17) is 5.26 Å². The van der Waals surface area contributed by atoms with Crippen molar-refractivity contribution < 1.29 is 4.79 Å². The van der Waals surface area contributed by atoms with Gasteiger partial charge in [-0.3, -0.25) is 0 Å². The van der Waals surface area contributed by atoms with E-state index in [1.165, 1.54) is 0 Å². The Morgan fingerprint density at radius 1 is 1.50 bits per heavy atom. The molecular weight excluding hydrogens is 270 g/mol. The zero-order chi connectivity index (χ0) is 11.5. The van der Waals surface area contributed by atoms with E-state index in [1.807, 2.05) is 6.07 Å². The summed E-state index contributed by atoms with van der Waals surface area (Å²) in [6, 6.07) is 7.20. The zero-order valence-electron chi connectivity index (χ0n) is 8.46. The molecule has 1 saturated carbocycles. The largest absolute Gasteiger partial charge is 0.335 e. The number of anilines is 1. The number of nitrogens with zero attached hydrogens (tertiary/aromatic N) is 1. The summed E-state index contributed by atoms with van der Waals surface area (Å²) >= 11 is 3.30. The van der Waals surface area contributed by atoms with Crippen molar-refractivity contribution in [2.45, 2.75) is 18.9 Å². The third kappa shape index (κ3) is 2.74. The molecule has 1 aliphatic carbocycles. The first kappa shape index (κ1) is 11.0. The van der Waals surface area contributed by atoms with Crippen molar-refractivity contribution >= 4 is 27.6 Å². The minimum absolute atomic E-state index is 0.201. The Bertz CT molecular complexity index is 463. The molecular formula is C11H10BrN3O. The fourth-order valence-electron chi connectivity index (χ4n) is 1.26. The van der Waals surface area contributed by atoms with Crippen LogP contribution in [-0.4, -0.2) is 12.1 Å². The van der Waals surface area contributed by atoms with Crippen LogP contribution in [0.15, 0.2) is 22.7 Å². The third-order valence-electron chi connectivity index (χ3n) is 2.26. The SMILES string of the molecule is N#Cc1ccc(NC(=O)NC2CC2)c(Br)c1. The van der Waals surface area contributed by atoms with Gasteiger partial charge in [0.1, 0.15) is 0 Å². The molecule has 0 aromatic heterocycles. The smallest absolute Gasteiger partial charge is 0.319 e. The molecule has 0 aliphatic heterocycles. The summed E-state index contributed by atoms with van der Waals surface area (Å²) in [6.07, 6.45) is 2.11. The lowest BCUT2D eigenvalue weighted by atomic mass is 10.2. The number of carbonyl (C=O) groups is 1. The standard InChI is InChI=1S/C11H10BrN3O/c12-9-5-7(6-13)1-4-10(9)15-11(16)14-8-2-3-8/h1,4-5,8H,2-3H2,(H2,14,15,16). The van der Waals surface area contributed by atoms with Gasteiger partial charge in [0.05, 0.1) is 17.3 Å². The molecule has 0 atom stereocenters. The highest BCUT2D eigenvalue weighted by Crippen LogP contribution is 2.24. The molecule has 5 heteroatoms. The predicted molar refractivity (Wildman–Crippen MR) is 64.0 cm³/mol. The molecule has 0 saturated heterocycles. The van der Waals surface area contributed by atoms with Gasteiger partial charge < -0.3 is 10.6 Å². The van der Waals surface area contributed by atoms with Gasteiger partial charge in [-0.15, -0.1) is 0 Å². The number of benzene rings is 1. The van der Waals surface area contributed by atoms with Crippen molar-refractivity contribution in [2.75, 3.05) is 5.32 Å². The van der Waals surface area contributed by atoms with Crippen molar-refractivity contribution in [2.24, 2.45) is 0 Å². The minimum atomic E-state index is -0.201. The van der Waals surface area contributed by atoms with Crippen LogP contribution in [0.4, 0.5) is 10.5 Å². The third-order valence-corrected chi connectivity index (χ3v) is 2.92.